The number of nitrogens with one attached hydrogen (secondary N) is 1. The molecule has 180 valence electrons. The second-order valence-corrected chi connectivity index (χ2v) is 11.9. The van der Waals surface area contributed by atoms with Crippen molar-refractivity contribution >= 4 is 28.9 Å². The Morgan fingerprint density at radius 1 is 1.12 bits per heavy atom. The highest BCUT2D eigenvalue weighted by Gasteiger charge is 2.28. The number of hydrogen-bond donors (Lipinski definition) is 2. The van der Waals surface area contributed by atoms with Gasteiger partial charge in [0.25, 0.3) is 5.91 Å². The van der Waals surface area contributed by atoms with Crippen molar-refractivity contribution in [2.24, 2.45) is 5.16 Å². The Labute approximate surface area is 197 Å². The second-order valence-electron chi connectivity index (χ2n) is 10.8. The Morgan fingerprint density at radius 2 is 1.62 bits per heavy atom. The number of aromatic hydroxyl groups is 1. The van der Waals surface area contributed by atoms with Gasteiger partial charge in [-0.15, -0.1) is 0 Å². The Morgan fingerprint density at radius 3 is 1.97 bits per heavy atom. The molecule has 0 saturated carbocycles. The topological polar surface area (TPSA) is 94.0 Å². The van der Waals surface area contributed by atoms with Crippen LogP contribution in [0.25, 0.3) is 6.08 Å². The lowest BCUT2D eigenvalue weighted by atomic mass is 9.78. The number of quaternary nitrogens is 1. The van der Waals surface area contributed by atoms with Crippen molar-refractivity contribution in [1.29, 1.82) is 0 Å². The molecule has 0 unspecified atom stereocenters. The second kappa shape index (κ2) is 10.7. The molecular formula is C24H39N3O4S. The fourth-order valence-corrected chi connectivity index (χ4v) is 3.67. The molecule has 8 heteroatoms. The SMILES string of the molecule is CO/N=C1\NC(=O)/C(=C/c2cc(C(C)(C)C)c(O)c(C(C)(C)C)c2)S1.C[N+](C)(C)CC[O-]. The third-order valence-corrected chi connectivity index (χ3v) is 5.53. The molecule has 1 aromatic carbocycles. The van der Waals surface area contributed by atoms with E-state index < -0.39 is 0 Å². The minimum atomic E-state index is -0.216. The number of nitrogens with zero attached hydrogens (tertiary/aromatic N) is 2. The molecule has 1 fully saturated rings. The van der Waals surface area contributed by atoms with Crippen LogP contribution >= 0.6 is 11.8 Å². The fraction of sp³-hybridized carbons (Fsp3) is 0.583. The molecule has 1 aliphatic rings. The van der Waals surface area contributed by atoms with Crippen LogP contribution in [0.1, 0.15) is 58.2 Å². The first kappa shape index (κ1) is 28.0. The molecule has 0 spiro atoms. The van der Waals surface area contributed by atoms with E-state index in [4.69, 9.17) is 4.84 Å². The molecule has 0 atom stereocenters. The van der Waals surface area contributed by atoms with Crippen LogP contribution in [0.4, 0.5) is 0 Å². The van der Waals surface area contributed by atoms with Crippen molar-refractivity contribution in [3.63, 3.8) is 0 Å². The van der Waals surface area contributed by atoms with Gasteiger partial charge in [-0.3, -0.25) is 10.1 Å². The minimum Gasteiger partial charge on any atom is -0.850 e. The van der Waals surface area contributed by atoms with Crippen molar-refractivity contribution in [2.75, 3.05) is 41.4 Å². The smallest absolute Gasteiger partial charge is 0.264 e. The number of carbonyl (C=O) groups is 1. The average Bonchev–Trinajstić information content (AvgIpc) is 2.93. The van der Waals surface area contributed by atoms with Gasteiger partial charge in [-0.1, -0.05) is 53.3 Å². The lowest BCUT2D eigenvalue weighted by Gasteiger charge is -2.28. The summed E-state index contributed by atoms with van der Waals surface area (Å²) in [5.74, 6) is 0.121. The van der Waals surface area contributed by atoms with Crippen molar-refractivity contribution in [3.8, 4) is 5.75 Å². The summed E-state index contributed by atoms with van der Waals surface area (Å²) < 4.78 is 0.781. The minimum absolute atomic E-state index is 0.0312. The van der Waals surface area contributed by atoms with Crippen LogP contribution in [-0.2, 0) is 20.5 Å². The zero-order valence-electron chi connectivity index (χ0n) is 21.1. The number of phenols is 1. The Bertz CT molecular complexity index is 838. The van der Waals surface area contributed by atoms with Gasteiger partial charge in [-0.25, -0.2) is 0 Å². The van der Waals surface area contributed by atoms with E-state index in [1.54, 1.807) is 0 Å². The molecule has 1 amide bonds. The summed E-state index contributed by atoms with van der Waals surface area (Å²) in [7, 11) is 7.47. The third-order valence-electron chi connectivity index (χ3n) is 4.63. The lowest BCUT2D eigenvalue weighted by Crippen LogP contribution is -2.39. The lowest BCUT2D eigenvalue weighted by molar-refractivity contribution is -0.875. The van der Waals surface area contributed by atoms with Crippen LogP contribution < -0.4 is 10.4 Å². The van der Waals surface area contributed by atoms with Gasteiger partial charge in [0.2, 0.25) is 5.17 Å². The number of oxime groups is 1. The summed E-state index contributed by atoms with van der Waals surface area (Å²) in [6, 6.07) is 3.88. The quantitative estimate of drug-likeness (QED) is 0.405. The van der Waals surface area contributed by atoms with E-state index in [9.17, 15) is 15.0 Å². The van der Waals surface area contributed by atoms with Gasteiger partial charge in [0, 0.05) is 11.1 Å². The Balaban J connectivity index is 0.000000633. The van der Waals surface area contributed by atoms with Crippen molar-refractivity contribution in [3.05, 3.63) is 33.7 Å². The van der Waals surface area contributed by atoms with Gasteiger partial charge in [0.1, 0.15) is 12.9 Å². The van der Waals surface area contributed by atoms with E-state index in [0.717, 1.165) is 27.7 Å². The first-order chi connectivity index (χ1) is 14.5. The predicted molar refractivity (Wildman–Crippen MR) is 131 cm³/mol. The van der Waals surface area contributed by atoms with Crippen LogP contribution in [0.3, 0.4) is 0 Å². The monoisotopic (exact) mass is 465 g/mol. The maximum absolute atomic E-state index is 12.1. The molecule has 32 heavy (non-hydrogen) atoms. The van der Waals surface area contributed by atoms with Crippen molar-refractivity contribution in [2.45, 2.75) is 52.4 Å². The normalized spacial score (nSPS) is 17.3. The van der Waals surface area contributed by atoms with Gasteiger partial charge in [0.05, 0.1) is 32.6 Å². The molecule has 0 aromatic heterocycles. The highest BCUT2D eigenvalue weighted by molar-refractivity contribution is 8.18. The summed E-state index contributed by atoms with van der Waals surface area (Å²) >= 11 is 1.23. The average molecular weight is 466 g/mol. The number of likely N-dealkylation sites (N-methyl/N-ethyl adjacent to an activating group) is 1. The first-order valence-corrected chi connectivity index (χ1v) is 11.4. The standard InChI is InChI=1S/C19H26N2O3S.C5H13NO/c1-18(2,3)12-8-11(9-13(15(12)22)19(4,5)6)10-14-16(23)20-17(25-14)21-24-7;1-6(2,3)4-5-7/h8-10,22H,1-7H3,(H,20,21,23);4-5H2,1-3H3/b14-10-;. The maximum Gasteiger partial charge on any atom is 0.264 e. The van der Waals surface area contributed by atoms with E-state index in [1.807, 2.05) is 39.4 Å². The van der Waals surface area contributed by atoms with E-state index in [2.05, 4.69) is 52.0 Å². The van der Waals surface area contributed by atoms with E-state index >= 15 is 0 Å². The van der Waals surface area contributed by atoms with Crippen LogP contribution in [-0.4, -0.2) is 62.1 Å². The van der Waals surface area contributed by atoms with E-state index in [-0.39, 0.29) is 23.3 Å². The highest BCUT2D eigenvalue weighted by Crippen LogP contribution is 2.40. The van der Waals surface area contributed by atoms with E-state index in [0.29, 0.717) is 15.8 Å². The first-order valence-electron chi connectivity index (χ1n) is 10.6. The molecule has 0 bridgehead atoms. The van der Waals surface area contributed by atoms with Gasteiger partial charge < -0.3 is 19.5 Å². The molecule has 1 aromatic rings. The van der Waals surface area contributed by atoms with Crippen LogP contribution in [0.15, 0.2) is 22.2 Å². The molecule has 2 rings (SSSR count). The molecular weight excluding hydrogens is 426 g/mol. The predicted octanol–water partition coefficient (Wildman–Crippen LogP) is 3.16. The number of rotatable bonds is 4. The van der Waals surface area contributed by atoms with Gasteiger partial charge in [-0.05, 0) is 46.4 Å². The van der Waals surface area contributed by atoms with Gasteiger partial charge in [0.15, 0.2) is 0 Å². The zero-order chi connectivity index (χ0) is 24.9. The summed E-state index contributed by atoms with van der Waals surface area (Å²) in [4.78, 5) is 17.4. The summed E-state index contributed by atoms with van der Waals surface area (Å²) in [5, 5.41) is 27.5. The van der Waals surface area contributed by atoms with Crippen LogP contribution in [0.5, 0.6) is 5.75 Å². The fourth-order valence-electron chi connectivity index (χ4n) is 2.86. The number of amides is 1. The molecule has 1 saturated heterocycles. The summed E-state index contributed by atoms with van der Waals surface area (Å²) in [5.41, 5.74) is 2.17. The number of thioether (sulfide) groups is 1. The number of phenolic OH excluding ortho intramolecular Hbond substituents is 1. The number of benzene rings is 1. The van der Waals surface area contributed by atoms with Crippen LogP contribution in [0, 0.1) is 0 Å². The molecule has 2 N–H and O–H groups in total. The number of amidine groups is 1. The number of hydrogen-bond acceptors (Lipinski definition) is 6. The third kappa shape index (κ3) is 8.48. The highest BCUT2D eigenvalue weighted by atomic mass is 32.2. The number of carbonyl (C=O) groups excluding carboxylic acids is 1. The van der Waals surface area contributed by atoms with E-state index in [1.165, 1.54) is 18.9 Å². The molecule has 0 radical (unpaired) electrons. The molecule has 1 heterocycles. The van der Waals surface area contributed by atoms with Crippen molar-refractivity contribution in [1.82, 2.24) is 5.32 Å². The molecule has 0 aliphatic carbocycles. The Hall–Kier alpha value is -2.03. The Kier molecular flexibility index (Phi) is 9.39. The summed E-state index contributed by atoms with van der Waals surface area (Å²) in [6.07, 6.45) is 1.82. The molecule has 1 aliphatic heterocycles. The van der Waals surface area contributed by atoms with Crippen LogP contribution in [0.2, 0.25) is 0 Å². The largest absolute Gasteiger partial charge is 0.850 e. The molecule has 7 nitrogen and oxygen atoms in total. The maximum atomic E-state index is 12.1. The summed E-state index contributed by atoms with van der Waals surface area (Å²) in [6.45, 7) is 13.1. The van der Waals surface area contributed by atoms with Gasteiger partial charge >= 0.3 is 0 Å². The van der Waals surface area contributed by atoms with Gasteiger partial charge in [-0.2, -0.15) is 0 Å². The zero-order valence-corrected chi connectivity index (χ0v) is 21.9. The van der Waals surface area contributed by atoms with Crippen molar-refractivity contribution < 1.29 is 24.3 Å².